The molecule has 0 spiro atoms. The molecule has 0 aliphatic heterocycles. The number of ketones is 1. The third-order valence-electron chi connectivity index (χ3n) is 4.79. The van der Waals surface area contributed by atoms with Gasteiger partial charge in [-0.25, -0.2) is 0 Å². The molecule has 0 bridgehead atoms. The van der Waals surface area contributed by atoms with E-state index in [9.17, 15) is 4.79 Å². The van der Waals surface area contributed by atoms with Crippen molar-refractivity contribution in [3.8, 4) is 22.6 Å². The number of carbonyl (C=O) groups is 1. The maximum Gasteiger partial charge on any atom is 0.221 e. The van der Waals surface area contributed by atoms with Gasteiger partial charge in [0, 0.05) is 21.2 Å². The van der Waals surface area contributed by atoms with Crippen LogP contribution in [0.5, 0.6) is 0 Å². The number of benzene rings is 2. The van der Waals surface area contributed by atoms with Gasteiger partial charge in [0.05, 0.1) is 0 Å². The molecule has 0 aliphatic carbocycles. The Balaban J connectivity index is 1.49. The van der Waals surface area contributed by atoms with Gasteiger partial charge in [-0.2, -0.15) is 0 Å². The van der Waals surface area contributed by atoms with Gasteiger partial charge in [-0.3, -0.25) is 4.79 Å². The van der Waals surface area contributed by atoms with Crippen LogP contribution in [0.15, 0.2) is 75.6 Å². The van der Waals surface area contributed by atoms with Crippen LogP contribution in [0, 0.1) is 13.8 Å². The average Bonchev–Trinajstić information content (AvgIpc) is 3.40. The number of allylic oxidation sites excluding steroid dienone is 1. The fourth-order valence-electron chi connectivity index (χ4n) is 2.96. The van der Waals surface area contributed by atoms with Crippen molar-refractivity contribution in [2.24, 2.45) is 0 Å². The Kier molecular flexibility index (Phi) is 5.67. The number of hydrogen-bond acceptors (Lipinski definition) is 3. The standard InChI is InChI=1S/C25H18Cl2O3/c1-15-3-5-17(13-20(15)26)23-10-8-19(29-23)7-9-22(28)25-12-11-24(30-25)18-6-4-16(2)21(27)14-18/h3-14H,1-2H3. The van der Waals surface area contributed by atoms with E-state index in [0.717, 1.165) is 22.3 Å². The minimum atomic E-state index is -0.254. The van der Waals surface area contributed by atoms with Crippen LogP contribution in [0.1, 0.15) is 27.4 Å². The van der Waals surface area contributed by atoms with E-state index in [-0.39, 0.29) is 11.5 Å². The lowest BCUT2D eigenvalue weighted by atomic mass is 10.1. The van der Waals surface area contributed by atoms with E-state index in [0.29, 0.717) is 27.3 Å². The van der Waals surface area contributed by atoms with E-state index in [1.807, 2.05) is 56.3 Å². The molecule has 30 heavy (non-hydrogen) atoms. The molecule has 0 atom stereocenters. The van der Waals surface area contributed by atoms with Gasteiger partial charge in [0.25, 0.3) is 0 Å². The van der Waals surface area contributed by atoms with Crippen LogP contribution in [0.4, 0.5) is 0 Å². The van der Waals surface area contributed by atoms with Crippen LogP contribution in [0.25, 0.3) is 28.7 Å². The van der Waals surface area contributed by atoms with Crippen molar-refractivity contribution in [2.75, 3.05) is 0 Å². The largest absolute Gasteiger partial charge is 0.457 e. The van der Waals surface area contributed by atoms with Gasteiger partial charge >= 0.3 is 0 Å². The van der Waals surface area contributed by atoms with Crippen molar-refractivity contribution in [1.29, 1.82) is 0 Å². The molecule has 0 fully saturated rings. The summed E-state index contributed by atoms with van der Waals surface area (Å²) < 4.78 is 11.5. The van der Waals surface area contributed by atoms with Crippen molar-refractivity contribution >= 4 is 35.1 Å². The Bertz CT molecular complexity index is 1260. The lowest BCUT2D eigenvalue weighted by molar-refractivity contribution is 0.102. The highest BCUT2D eigenvalue weighted by molar-refractivity contribution is 6.32. The summed E-state index contributed by atoms with van der Waals surface area (Å²) in [7, 11) is 0. The highest BCUT2D eigenvalue weighted by Gasteiger charge is 2.11. The quantitative estimate of drug-likeness (QED) is 0.235. The van der Waals surface area contributed by atoms with Crippen molar-refractivity contribution in [2.45, 2.75) is 13.8 Å². The minimum absolute atomic E-state index is 0.245. The summed E-state index contributed by atoms with van der Waals surface area (Å²) >= 11 is 12.4. The molecule has 150 valence electrons. The molecule has 0 N–H and O–H groups in total. The normalized spacial score (nSPS) is 11.3. The van der Waals surface area contributed by atoms with Crippen LogP contribution >= 0.6 is 23.2 Å². The summed E-state index contributed by atoms with van der Waals surface area (Å²) in [5, 5.41) is 1.33. The Hall–Kier alpha value is -3.01. The maximum atomic E-state index is 12.5. The molecule has 0 saturated carbocycles. The second-order valence-electron chi connectivity index (χ2n) is 6.99. The molecule has 2 heterocycles. The fraction of sp³-hybridized carbons (Fsp3) is 0.0800. The molecule has 2 aromatic carbocycles. The van der Waals surface area contributed by atoms with Crippen molar-refractivity contribution < 1.29 is 13.6 Å². The van der Waals surface area contributed by atoms with Gasteiger partial charge in [-0.15, -0.1) is 0 Å². The monoisotopic (exact) mass is 436 g/mol. The number of aryl methyl sites for hydroxylation is 2. The Morgan fingerprint density at radius 3 is 1.93 bits per heavy atom. The molecule has 0 unspecified atom stereocenters. The summed E-state index contributed by atoms with van der Waals surface area (Å²) in [5.41, 5.74) is 3.69. The van der Waals surface area contributed by atoms with Crippen LogP contribution in [0.3, 0.4) is 0 Å². The summed E-state index contributed by atoms with van der Waals surface area (Å²) in [6, 6.07) is 18.4. The summed E-state index contributed by atoms with van der Waals surface area (Å²) in [4.78, 5) is 12.5. The Labute approximate surface area is 184 Å². The molecule has 0 saturated heterocycles. The molecular weight excluding hydrogens is 419 g/mol. The molecule has 2 aromatic heterocycles. The average molecular weight is 437 g/mol. The number of hydrogen-bond donors (Lipinski definition) is 0. The first-order chi connectivity index (χ1) is 14.4. The zero-order chi connectivity index (χ0) is 21.3. The second-order valence-corrected chi connectivity index (χ2v) is 7.81. The smallest absolute Gasteiger partial charge is 0.221 e. The topological polar surface area (TPSA) is 43.4 Å². The van der Waals surface area contributed by atoms with Gasteiger partial charge in [0.1, 0.15) is 17.3 Å². The zero-order valence-corrected chi connectivity index (χ0v) is 17.9. The summed E-state index contributed by atoms with van der Waals surface area (Å²) in [6.07, 6.45) is 3.04. The van der Waals surface area contributed by atoms with E-state index in [1.54, 1.807) is 24.3 Å². The first-order valence-electron chi connectivity index (χ1n) is 9.36. The number of halogens is 2. The van der Waals surface area contributed by atoms with E-state index in [2.05, 4.69) is 0 Å². The van der Waals surface area contributed by atoms with Gasteiger partial charge in [0.2, 0.25) is 5.78 Å². The molecule has 4 rings (SSSR count). The van der Waals surface area contributed by atoms with Crippen LogP contribution in [-0.2, 0) is 0 Å². The van der Waals surface area contributed by atoms with Crippen molar-refractivity contribution in [1.82, 2.24) is 0 Å². The lowest BCUT2D eigenvalue weighted by Gasteiger charge is -2.01. The maximum absolute atomic E-state index is 12.5. The molecular formula is C25H18Cl2O3. The van der Waals surface area contributed by atoms with Crippen molar-refractivity contribution in [3.05, 3.63) is 99.4 Å². The molecule has 4 aromatic rings. The third-order valence-corrected chi connectivity index (χ3v) is 5.60. The zero-order valence-electron chi connectivity index (χ0n) is 16.4. The molecule has 0 amide bonds. The predicted octanol–water partition coefficient (Wildman–Crippen LogP) is 8.03. The lowest BCUT2D eigenvalue weighted by Crippen LogP contribution is -1.90. The fourth-order valence-corrected chi connectivity index (χ4v) is 3.32. The Morgan fingerprint density at radius 1 is 0.767 bits per heavy atom. The number of carbonyl (C=O) groups excluding carboxylic acids is 1. The third kappa shape index (κ3) is 4.28. The molecule has 0 radical (unpaired) electrons. The predicted molar refractivity (Wildman–Crippen MR) is 121 cm³/mol. The van der Waals surface area contributed by atoms with Crippen LogP contribution < -0.4 is 0 Å². The number of rotatable bonds is 5. The first-order valence-corrected chi connectivity index (χ1v) is 10.1. The van der Waals surface area contributed by atoms with Gasteiger partial charge < -0.3 is 8.83 Å². The van der Waals surface area contributed by atoms with Crippen LogP contribution in [0.2, 0.25) is 10.0 Å². The van der Waals surface area contributed by atoms with Crippen molar-refractivity contribution in [3.63, 3.8) is 0 Å². The minimum Gasteiger partial charge on any atom is -0.457 e. The number of furan rings is 2. The van der Waals surface area contributed by atoms with E-state index >= 15 is 0 Å². The van der Waals surface area contributed by atoms with Gasteiger partial charge in [-0.05, 0) is 73.5 Å². The van der Waals surface area contributed by atoms with E-state index in [1.165, 1.54) is 6.08 Å². The van der Waals surface area contributed by atoms with Gasteiger partial charge in [0.15, 0.2) is 5.76 Å². The van der Waals surface area contributed by atoms with Crippen LogP contribution in [-0.4, -0.2) is 5.78 Å². The Morgan fingerprint density at radius 2 is 1.33 bits per heavy atom. The summed E-state index contributed by atoms with van der Waals surface area (Å²) in [6.45, 7) is 3.88. The molecule has 3 nitrogen and oxygen atoms in total. The second kappa shape index (κ2) is 8.39. The SMILES string of the molecule is Cc1ccc(-c2ccc(C=CC(=O)c3ccc(-c4ccc(C)c(Cl)c4)o3)o2)cc1Cl. The first kappa shape index (κ1) is 20.3. The summed E-state index contributed by atoms with van der Waals surface area (Å²) in [5.74, 6) is 1.82. The molecule has 5 heteroatoms. The van der Waals surface area contributed by atoms with Gasteiger partial charge in [-0.1, -0.05) is 47.5 Å². The highest BCUT2D eigenvalue weighted by atomic mass is 35.5. The highest BCUT2D eigenvalue weighted by Crippen LogP contribution is 2.29. The molecule has 0 aliphatic rings. The van der Waals surface area contributed by atoms with E-state index < -0.39 is 0 Å². The van der Waals surface area contributed by atoms with E-state index in [4.69, 9.17) is 32.0 Å².